The number of carbonyl (C=O) groups excluding carboxylic acids is 2. The summed E-state index contributed by atoms with van der Waals surface area (Å²) in [4.78, 5) is 33.0. The minimum atomic E-state index is -0.385. The van der Waals surface area contributed by atoms with E-state index < -0.39 is 0 Å². The number of amides is 2. The highest BCUT2D eigenvalue weighted by Gasteiger charge is 2.16. The largest absolute Gasteiger partial charge is 0.325 e. The van der Waals surface area contributed by atoms with Crippen LogP contribution in [0.3, 0.4) is 0 Å². The lowest BCUT2D eigenvalue weighted by atomic mass is 10.0. The number of hydrogen-bond donors (Lipinski definition) is 3. The fourth-order valence-corrected chi connectivity index (χ4v) is 4.30. The molecule has 1 aromatic heterocycles. The highest BCUT2D eigenvalue weighted by Crippen LogP contribution is 2.23. The van der Waals surface area contributed by atoms with Gasteiger partial charge in [-0.2, -0.15) is 0 Å². The number of nitrogens with one attached hydrogen (secondary N) is 3. The molecule has 0 saturated carbocycles. The lowest BCUT2D eigenvalue weighted by molar-refractivity contribution is 0.0980. The van der Waals surface area contributed by atoms with Crippen molar-refractivity contribution in [2.75, 3.05) is 36.8 Å². The molecule has 0 radical (unpaired) electrons. The van der Waals surface area contributed by atoms with E-state index in [0.29, 0.717) is 22.8 Å². The number of ketones is 1. The quantitative estimate of drug-likeness (QED) is 0.409. The van der Waals surface area contributed by atoms with Crippen molar-refractivity contribution in [3.05, 3.63) is 40.4 Å². The van der Waals surface area contributed by atoms with Gasteiger partial charge in [0.15, 0.2) is 10.9 Å². The van der Waals surface area contributed by atoms with Crippen LogP contribution in [0.25, 0.3) is 0 Å². The molecule has 1 aliphatic rings. The second kappa shape index (κ2) is 11.2. The van der Waals surface area contributed by atoms with Crippen LogP contribution in [0.2, 0.25) is 0 Å². The number of carbonyl (C=O) groups is 2. The topological polar surface area (TPSA) is 86.4 Å². The molecule has 3 rings (SSSR count). The average Bonchev–Trinajstić information content (AvgIpc) is 3.16. The Morgan fingerprint density at radius 1 is 1.20 bits per heavy atom. The summed E-state index contributed by atoms with van der Waals surface area (Å²) in [6.45, 7) is 8.94. The zero-order chi connectivity index (χ0) is 21.3. The molecule has 8 heteroatoms. The smallest absolute Gasteiger partial charge is 0.314 e. The molecule has 3 N–H and O–H groups in total. The summed E-state index contributed by atoms with van der Waals surface area (Å²) in [5.74, 6) is 0.0648. The molecule has 0 atom stereocenters. The number of aromatic nitrogens is 1. The van der Waals surface area contributed by atoms with E-state index in [1.165, 1.54) is 11.3 Å². The molecular formula is C22H31N5O2S. The van der Waals surface area contributed by atoms with Crippen molar-refractivity contribution in [3.63, 3.8) is 0 Å². The summed E-state index contributed by atoms with van der Waals surface area (Å²) in [5.41, 5.74) is 2.11. The monoisotopic (exact) mass is 429 g/mol. The number of benzene rings is 1. The van der Waals surface area contributed by atoms with Gasteiger partial charge in [-0.05, 0) is 25.5 Å². The van der Waals surface area contributed by atoms with Gasteiger partial charge in [0.05, 0.1) is 5.69 Å². The van der Waals surface area contributed by atoms with Crippen LogP contribution in [0.15, 0.2) is 24.4 Å². The summed E-state index contributed by atoms with van der Waals surface area (Å²) in [6, 6.07) is 5.15. The molecule has 7 nitrogen and oxygen atoms in total. The second-order valence-electron chi connectivity index (χ2n) is 7.67. The summed E-state index contributed by atoms with van der Waals surface area (Å²) in [7, 11) is 0. The Morgan fingerprint density at radius 3 is 2.77 bits per heavy atom. The van der Waals surface area contributed by atoms with Crippen molar-refractivity contribution in [1.82, 2.24) is 15.2 Å². The molecule has 1 saturated heterocycles. The van der Waals surface area contributed by atoms with E-state index in [1.54, 1.807) is 6.07 Å². The van der Waals surface area contributed by atoms with Crippen LogP contribution in [0.5, 0.6) is 0 Å². The fourth-order valence-electron chi connectivity index (χ4n) is 3.45. The lowest BCUT2D eigenvalue weighted by Gasteiger charge is -2.26. The Labute approximate surface area is 182 Å². The van der Waals surface area contributed by atoms with Crippen molar-refractivity contribution in [3.8, 4) is 0 Å². The van der Waals surface area contributed by atoms with Crippen molar-refractivity contribution in [1.29, 1.82) is 0 Å². The van der Waals surface area contributed by atoms with Gasteiger partial charge in [0, 0.05) is 55.8 Å². The standard InChI is InChI=1S/C22H31N5O2S/c1-3-4-5-6-20(28)18-13-16(2)7-8-19(18)25-21(29)26-22-24-14-17(30-22)15-27-11-9-23-10-12-27/h7-8,13-14,23H,3-6,9-12,15H2,1-2H3,(H2,24,25,26,29). The van der Waals surface area contributed by atoms with Crippen LogP contribution in [-0.2, 0) is 6.54 Å². The predicted octanol–water partition coefficient (Wildman–Crippen LogP) is 4.26. The van der Waals surface area contributed by atoms with Crippen LogP contribution in [0.1, 0.15) is 53.4 Å². The molecule has 162 valence electrons. The normalized spacial score (nSPS) is 14.5. The molecule has 0 bridgehead atoms. The molecule has 1 aliphatic heterocycles. The molecule has 0 unspecified atom stereocenters. The fraction of sp³-hybridized carbons (Fsp3) is 0.500. The van der Waals surface area contributed by atoms with Crippen LogP contribution >= 0.6 is 11.3 Å². The van der Waals surface area contributed by atoms with Crippen LogP contribution in [-0.4, -0.2) is 47.9 Å². The number of anilines is 2. The SMILES string of the molecule is CCCCCC(=O)c1cc(C)ccc1NC(=O)Nc1ncc(CN2CCNCC2)s1. The number of Topliss-reactive ketones (excluding diaryl/α,β-unsaturated/α-hetero) is 1. The van der Waals surface area contributed by atoms with Crippen LogP contribution in [0, 0.1) is 6.92 Å². The van der Waals surface area contributed by atoms with E-state index in [0.717, 1.165) is 62.4 Å². The summed E-state index contributed by atoms with van der Waals surface area (Å²) in [6.07, 6.45) is 5.27. The Kier molecular flexibility index (Phi) is 8.36. The van der Waals surface area contributed by atoms with E-state index in [1.807, 2.05) is 25.3 Å². The predicted molar refractivity (Wildman–Crippen MR) is 123 cm³/mol. The van der Waals surface area contributed by atoms with Gasteiger partial charge in [0.25, 0.3) is 0 Å². The number of aryl methyl sites for hydroxylation is 1. The van der Waals surface area contributed by atoms with Gasteiger partial charge in [-0.3, -0.25) is 15.0 Å². The van der Waals surface area contributed by atoms with E-state index in [4.69, 9.17) is 0 Å². The van der Waals surface area contributed by atoms with Crippen molar-refractivity contribution in [2.24, 2.45) is 0 Å². The number of nitrogens with zero attached hydrogens (tertiary/aromatic N) is 2. The number of rotatable bonds is 9. The lowest BCUT2D eigenvalue weighted by Crippen LogP contribution is -2.42. The van der Waals surface area contributed by atoms with Gasteiger partial charge >= 0.3 is 6.03 Å². The van der Waals surface area contributed by atoms with Crippen LogP contribution < -0.4 is 16.0 Å². The number of piperazine rings is 1. The second-order valence-corrected chi connectivity index (χ2v) is 8.78. The Bertz CT molecular complexity index is 861. The molecule has 1 aromatic carbocycles. The highest BCUT2D eigenvalue weighted by molar-refractivity contribution is 7.15. The van der Waals surface area contributed by atoms with Gasteiger partial charge in [-0.25, -0.2) is 9.78 Å². The van der Waals surface area contributed by atoms with Gasteiger partial charge in [-0.1, -0.05) is 31.4 Å². The number of hydrogen-bond acceptors (Lipinski definition) is 6. The zero-order valence-corrected chi connectivity index (χ0v) is 18.6. The summed E-state index contributed by atoms with van der Waals surface area (Å²) in [5, 5.41) is 9.52. The minimum absolute atomic E-state index is 0.0648. The third-order valence-electron chi connectivity index (χ3n) is 5.09. The molecule has 0 spiro atoms. The molecule has 2 aromatic rings. The van der Waals surface area contributed by atoms with E-state index in [2.05, 4.69) is 32.8 Å². The maximum absolute atomic E-state index is 12.6. The number of urea groups is 1. The Hall–Kier alpha value is -2.29. The van der Waals surface area contributed by atoms with Crippen molar-refractivity contribution < 1.29 is 9.59 Å². The first-order chi connectivity index (χ1) is 14.5. The molecule has 2 amide bonds. The summed E-state index contributed by atoms with van der Waals surface area (Å²) >= 11 is 1.48. The number of unbranched alkanes of at least 4 members (excludes halogenated alkanes) is 2. The van der Waals surface area contributed by atoms with Crippen LogP contribution in [0.4, 0.5) is 15.6 Å². The molecular weight excluding hydrogens is 398 g/mol. The number of thiazole rings is 1. The van der Waals surface area contributed by atoms with E-state index in [9.17, 15) is 9.59 Å². The third kappa shape index (κ3) is 6.62. The zero-order valence-electron chi connectivity index (χ0n) is 17.8. The first-order valence-corrected chi connectivity index (χ1v) is 11.5. The molecule has 1 fully saturated rings. The van der Waals surface area contributed by atoms with Gasteiger partial charge < -0.3 is 10.6 Å². The maximum atomic E-state index is 12.6. The van der Waals surface area contributed by atoms with E-state index >= 15 is 0 Å². The highest BCUT2D eigenvalue weighted by atomic mass is 32.1. The van der Waals surface area contributed by atoms with Gasteiger partial charge in [0.2, 0.25) is 0 Å². The average molecular weight is 430 g/mol. The Morgan fingerprint density at radius 2 is 2.00 bits per heavy atom. The molecule has 2 heterocycles. The summed E-state index contributed by atoms with van der Waals surface area (Å²) < 4.78 is 0. The van der Waals surface area contributed by atoms with Crippen molar-refractivity contribution in [2.45, 2.75) is 46.1 Å². The van der Waals surface area contributed by atoms with E-state index in [-0.39, 0.29) is 11.8 Å². The Balaban J connectivity index is 1.58. The first kappa shape index (κ1) is 22.4. The molecule has 30 heavy (non-hydrogen) atoms. The third-order valence-corrected chi connectivity index (χ3v) is 5.99. The first-order valence-electron chi connectivity index (χ1n) is 10.6. The van der Waals surface area contributed by atoms with Crippen molar-refractivity contribution >= 4 is 34.0 Å². The minimum Gasteiger partial charge on any atom is -0.314 e. The van der Waals surface area contributed by atoms with Gasteiger partial charge in [-0.15, -0.1) is 11.3 Å². The molecule has 0 aliphatic carbocycles. The maximum Gasteiger partial charge on any atom is 0.325 e. The van der Waals surface area contributed by atoms with Gasteiger partial charge in [0.1, 0.15) is 0 Å².